The van der Waals surface area contributed by atoms with Crippen LogP contribution in [-0.4, -0.2) is 24.8 Å². The van der Waals surface area contributed by atoms with Crippen LogP contribution < -0.4 is 14.8 Å². The Balaban J connectivity index is 1.83. The smallest absolute Gasteiger partial charge is 0.264 e. The Bertz CT molecular complexity index is 1020. The van der Waals surface area contributed by atoms with Crippen molar-refractivity contribution >= 4 is 34.6 Å². The molecule has 0 aliphatic carbocycles. The maximum Gasteiger partial charge on any atom is 0.264 e. The van der Waals surface area contributed by atoms with E-state index in [1.165, 1.54) is 18.9 Å². The van der Waals surface area contributed by atoms with E-state index in [-0.39, 0.29) is 12.5 Å². The largest absolute Gasteiger partial charge is 0.493 e. The van der Waals surface area contributed by atoms with Crippen LogP contribution in [0.4, 0.5) is 5.69 Å². The second-order valence-electron chi connectivity index (χ2n) is 6.13. The van der Waals surface area contributed by atoms with Crippen LogP contribution in [0.15, 0.2) is 46.3 Å². The van der Waals surface area contributed by atoms with E-state index >= 15 is 0 Å². The zero-order valence-corrected chi connectivity index (χ0v) is 16.6. The van der Waals surface area contributed by atoms with E-state index in [4.69, 9.17) is 14.7 Å². The van der Waals surface area contributed by atoms with E-state index < -0.39 is 0 Å². The molecule has 1 fully saturated rings. The standard InChI is InChI=1S/C21H19N3O3S/c1-13-4-5-14(2)16(10-13)23-21-24-20(25)19(28-21)12-15-6-7-17(27-9-8-22)18(11-15)26-3/h4-7,10-12H,9H2,1-3H3,(H,23,24,25)/b19-12-. The molecule has 1 aliphatic rings. The highest BCUT2D eigenvalue weighted by Gasteiger charge is 2.24. The minimum Gasteiger partial charge on any atom is -0.493 e. The summed E-state index contributed by atoms with van der Waals surface area (Å²) in [7, 11) is 1.53. The van der Waals surface area contributed by atoms with E-state index in [9.17, 15) is 4.79 Å². The van der Waals surface area contributed by atoms with Gasteiger partial charge in [0.15, 0.2) is 23.3 Å². The average Bonchev–Trinajstić information content (AvgIpc) is 3.02. The van der Waals surface area contributed by atoms with Crippen molar-refractivity contribution in [1.29, 1.82) is 5.26 Å². The lowest BCUT2D eigenvalue weighted by Crippen LogP contribution is -2.19. The number of ether oxygens (including phenoxy) is 2. The van der Waals surface area contributed by atoms with Crippen LogP contribution in [0.5, 0.6) is 11.5 Å². The van der Waals surface area contributed by atoms with Gasteiger partial charge in [-0.2, -0.15) is 5.26 Å². The Hall–Kier alpha value is -3.24. The van der Waals surface area contributed by atoms with E-state index in [2.05, 4.69) is 10.3 Å². The third-order valence-electron chi connectivity index (χ3n) is 4.02. The fraction of sp³-hybridized carbons (Fsp3) is 0.190. The van der Waals surface area contributed by atoms with Gasteiger partial charge >= 0.3 is 0 Å². The number of amidine groups is 1. The SMILES string of the molecule is COc1cc(/C=C2\SC(=Nc3cc(C)ccc3C)NC2=O)ccc1OCC#N. The fourth-order valence-corrected chi connectivity index (χ4v) is 3.42. The van der Waals surface area contributed by atoms with Gasteiger partial charge in [0.25, 0.3) is 5.91 Å². The predicted octanol–water partition coefficient (Wildman–Crippen LogP) is 4.11. The predicted molar refractivity (Wildman–Crippen MR) is 111 cm³/mol. The number of amides is 1. The van der Waals surface area contributed by atoms with Gasteiger partial charge in [0.05, 0.1) is 17.7 Å². The van der Waals surface area contributed by atoms with Crippen molar-refractivity contribution in [3.8, 4) is 17.6 Å². The van der Waals surface area contributed by atoms with Crippen LogP contribution in [0.2, 0.25) is 0 Å². The van der Waals surface area contributed by atoms with Crippen LogP contribution in [0.3, 0.4) is 0 Å². The summed E-state index contributed by atoms with van der Waals surface area (Å²) in [6, 6.07) is 13.2. The Morgan fingerprint density at radius 2 is 2.04 bits per heavy atom. The second kappa shape index (κ2) is 8.63. The molecule has 1 saturated heterocycles. The van der Waals surface area contributed by atoms with Gasteiger partial charge in [-0.3, -0.25) is 4.79 Å². The van der Waals surface area contributed by atoms with Crippen LogP contribution in [0.1, 0.15) is 16.7 Å². The number of aryl methyl sites for hydroxylation is 2. The maximum absolute atomic E-state index is 12.3. The lowest BCUT2D eigenvalue weighted by molar-refractivity contribution is -0.115. The summed E-state index contributed by atoms with van der Waals surface area (Å²) in [5.74, 6) is 0.780. The average molecular weight is 393 g/mol. The molecule has 142 valence electrons. The summed E-state index contributed by atoms with van der Waals surface area (Å²) in [6.07, 6.45) is 1.77. The second-order valence-corrected chi connectivity index (χ2v) is 7.16. The number of carbonyl (C=O) groups is 1. The first-order valence-electron chi connectivity index (χ1n) is 8.55. The van der Waals surface area contributed by atoms with Crippen molar-refractivity contribution in [2.75, 3.05) is 13.7 Å². The number of thioether (sulfide) groups is 1. The van der Waals surface area contributed by atoms with Crippen molar-refractivity contribution in [2.45, 2.75) is 13.8 Å². The van der Waals surface area contributed by atoms with Crippen LogP contribution in [-0.2, 0) is 4.79 Å². The minimum atomic E-state index is -0.196. The number of carbonyl (C=O) groups excluding carboxylic acids is 1. The summed E-state index contributed by atoms with van der Waals surface area (Å²) >= 11 is 1.29. The number of nitrogens with zero attached hydrogens (tertiary/aromatic N) is 2. The third-order valence-corrected chi connectivity index (χ3v) is 4.93. The third kappa shape index (κ3) is 4.53. The van der Waals surface area contributed by atoms with Gasteiger partial charge < -0.3 is 14.8 Å². The number of nitriles is 1. The van der Waals surface area contributed by atoms with Gasteiger partial charge in [-0.25, -0.2) is 4.99 Å². The van der Waals surface area contributed by atoms with Gasteiger partial charge in [-0.05, 0) is 66.6 Å². The summed E-state index contributed by atoms with van der Waals surface area (Å²) in [5, 5.41) is 12.0. The molecule has 6 nitrogen and oxygen atoms in total. The van der Waals surface area contributed by atoms with E-state index in [0.29, 0.717) is 21.6 Å². The maximum atomic E-state index is 12.3. The monoisotopic (exact) mass is 393 g/mol. The molecule has 1 aliphatic heterocycles. The molecule has 2 aromatic rings. The first kappa shape index (κ1) is 19.5. The molecule has 0 saturated carbocycles. The summed E-state index contributed by atoms with van der Waals surface area (Å²) in [5.41, 5.74) is 3.78. The van der Waals surface area contributed by atoms with Crippen molar-refractivity contribution in [2.24, 2.45) is 4.99 Å². The van der Waals surface area contributed by atoms with Crippen LogP contribution >= 0.6 is 11.8 Å². The molecule has 2 aromatic carbocycles. The molecule has 1 N–H and O–H groups in total. The van der Waals surface area contributed by atoms with E-state index in [0.717, 1.165) is 22.4 Å². The highest BCUT2D eigenvalue weighted by atomic mass is 32.2. The molecule has 0 aromatic heterocycles. The molecule has 0 bridgehead atoms. The molecule has 0 radical (unpaired) electrons. The summed E-state index contributed by atoms with van der Waals surface area (Å²) < 4.78 is 10.6. The normalized spacial score (nSPS) is 16.1. The van der Waals surface area contributed by atoms with Crippen molar-refractivity contribution in [1.82, 2.24) is 5.32 Å². The zero-order valence-electron chi connectivity index (χ0n) is 15.8. The molecule has 1 heterocycles. The quantitative estimate of drug-likeness (QED) is 0.773. The van der Waals surface area contributed by atoms with E-state index in [1.807, 2.05) is 38.1 Å². The lowest BCUT2D eigenvalue weighted by Gasteiger charge is -2.09. The van der Waals surface area contributed by atoms with Crippen molar-refractivity contribution < 1.29 is 14.3 Å². The van der Waals surface area contributed by atoms with Crippen LogP contribution in [0, 0.1) is 25.2 Å². The highest BCUT2D eigenvalue weighted by Crippen LogP contribution is 2.32. The molecule has 0 atom stereocenters. The van der Waals surface area contributed by atoms with Gasteiger partial charge in [0.2, 0.25) is 0 Å². The van der Waals surface area contributed by atoms with Gasteiger partial charge in [-0.15, -0.1) is 0 Å². The number of nitrogens with one attached hydrogen (secondary N) is 1. The Morgan fingerprint density at radius 1 is 1.21 bits per heavy atom. The van der Waals surface area contributed by atoms with Crippen LogP contribution in [0.25, 0.3) is 6.08 Å². The number of rotatable bonds is 5. The topological polar surface area (TPSA) is 83.7 Å². The number of hydrogen-bond donors (Lipinski definition) is 1. The Kier molecular flexibility index (Phi) is 6.02. The Morgan fingerprint density at radius 3 is 2.79 bits per heavy atom. The number of methoxy groups -OCH3 is 1. The molecule has 1 amide bonds. The molecule has 0 unspecified atom stereocenters. The molecule has 3 rings (SSSR count). The van der Waals surface area contributed by atoms with E-state index in [1.54, 1.807) is 24.3 Å². The van der Waals surface area contributed by atoms with Crippen molar-refractivity contribution in [3.05, 3.63) is 58.0 Å². The van der Waals surface area contributed by atoms with Crippen molar-refractivity contribution in [3.63, 3.8) is 0 Å². The van der Waals surface area contributed by atoms with Gasteiger partial charge in [-0.1, -0.05) is 18.2 Å². The molecular formula is C21H19N3O3S. The van der Waals surface area contributed by atoms with Gasteiger partial charge in [0, 0.05) is 0 Å². The molecule has 0 spiro atoms. The minimum absolute atomic E-state index is 0.0622. The number of hydrogen-bond acceptors (Lipinski definition) is 6. The first-order chi connectivity index (χ1) is 13.5. The number of aliphatic imine (C=N–C) groups is 1. The summed E-state index contributed by atoms with van der Waals surface area (Å²) in [4.78, 5) is 17.4. The summed E-state index contributed by atoms with van der Waals surface area (Å²) in [6.45, 7) is 3.93. The first-order valence-corrected chi connectivity index (χ1v) is 9.36. The lowest BCUT2D eigenvalue weighted by atomic mass is 10.1. The zero-order chi connectivity index (χ0) is 20.1. The fourth-order valence-electron chi connectivity index (χ4n) is 2.58. The number of benzene rings is 2. The Labute approximate surface area is 167 Å². The van der Waals surface area contributed by atoms with Gasteiger partial charge in [0.1, 0.15) is 6.07 Å². The highest BCUT2D eigenvalue weighted by molar-refractivity contribution is 8.18. The molecule has 28 heavy (non-hydrogen) atoms. The molecule has 7 heteroatoms. The molecular weight excluding hydrogens is 374 g/mol.